The Morgan fingerprint density at radius 3 is 2.62 bits per heavy atom. The first kappa shape index (κ1) is 34.6. The van der Waals surface area contributed by atoms with Crippen LogP contribution in [-0.4, -0.2) is 81.5 Å². The summed E-state index contributed by atoms with van der Waals surface area (Å²) in [5.74, 6) is -0.237. The maximum atomic E-state index is 15.5. The number of benzene rings is 1. The van der Waals surface area contributed by atoms with Gasteiger partial charge in [-0.2, -0.15) is 0 Å². The van der Waals surface area contributed by atoms with Gasteiger partial charge in [0.1, 0.15) is 23.0 Å². The summed E-state index contributed by atoms with van der Waals surface area (Å²) in [4.78, 5) is 38.6. The minimum Gasteiger partial charge on any atom is -0.392 e. The predicted molar refractivity (Wildman–Crippen MR) is 200 cm³/mol. The third-order valence-electron chi connectivity index (χ3n) is 11.6. The van der Waals surface area contributed by atoms with E-state index < -0.39 is 12.4 Å². The molecule has 52 heavy (non-hydrogen) atoms. The third-order valence-corrected chi connectivity index (χ3v) is 11.6. The molecule has 0 saturated carbocycles. The van der Waals surface area contributed by atoms with Crippen LogP contribution in [0, 0.1) is 11.2 Å². The smallest absolute Gasteiger partial charge is 0.274 e. The van der Waals surface area contributed by atoms with E-state index in [2.05, 4.69) is 45.4 Å². The van der Waals surface area contributed by atoms with Crippen LogP contribution in [0.25, 0.3) is 11.1 Å². The van der Waals surface area contributed by atoms with Crippen molar-refractivity contribution >= 4 is 28.8 Å². The number of aliphatic hydroxyl groups excluding tert-OH is 1. The minimum atomic E-state index is -0.537. The Labute approximate surface area is 303 Å². The molecule has 12 heteroatoms. The average Bonchev–Trinajstić information content (AvgIpc) is 3.47. The van der Waals surface area contributed by atoms with Gasteiger partial charge in [0.25, 0.3) is 11.5 Å². The van der Waals surface area contributed by atoms with Gasteiger partial charge >= 0.3 is 0 Å². The third kappa shape index (κ3) is 6.20. The van der Waals surface area contributed by atoms with Gasteiger partial charge in [-0.3, -0.25) is 14.5 Å². The zero-order valence-electron chi connectivity index (χ0n) is 30.5. The molecule has 11 nitrogen and oxygen atoms in total. The van der Waals surface area contributed by atoms with Crippen LogP contribution in [0.15, 0.2) is 53.6 Å². The van der Waals surface area contributed by atoms with Crippen molar-refractivity contribution in [1.82, 2.24) is 19.0 Å². The number of amides is 1. The summed E-state index contributed by atoms with van der Waals surface area (Å²) in [7, 11) is 1.64. The monoisotopic (exact) mass is 709 g/mol. The molecule has 1 aromatic carbocycles. The molecule has 1 atom stereocenters. The lowest BCUT2D eigenvalue weighted by atomic mass is 9.77. The van der Waals surface area contributed by atoms with Gasteiger partial charge in [0, 0.05) is 68.8 Å². The lowest BCUT2D eigenvalue weighted by Gasteiger charge is -2.47. The highest BCUT2D eigenvalue weighted by Gasteiger charge is 2.36. The van der Waals surface area contributed by atoms with Crippen LogP contribution in [0.2, 0.25) is 0 Å². The fourth-order valence-corrected chi connectivity index (χ4v) is 8.53. The van der Waals surface area contributed by atoms with Gasteiger partial charge in [0.05, 0.1) is 43.4 Å². The van der Waals surface area contributed by atoms with Crippen LogP contribution < -0.4 is 20.7 Å². The number of carbonyl (C=O) groups excluding carboxylic acids is 1. The van der Waals surface area contributed by atoms with Crippen LogP contribution in [0.5, 0.6) is 0 Å². The van der Waals surface area contributed by atoms with Crippen molar-refractivity contribution < 1.29 is 19.0 Å². The highest BCUT2D eigenvalue weighted by molar-refractivity contribution is 6.07. The molecule has 2 N–H and O–H groups in total. The van der Waals surface area contributed by atoms with Gasteiger partial charge < -0.3 is 34.1 Å². The van der Waals surface area contributed by atoms with E-state index in [1.165, 1.54) is 28.0 Å². The van der Waals surface area contributed by atoms with E-state index in [1.807, 2.05) is 24.4 Å². The molecule has 1 aliphatic carbocycles. The molecular weight excluding hydrogens is 661 g/mol. The summed E-state index contributed by atoms with van der Waals surface area (Å²) >= 11 is 0. The summed E-state index contributed by atoms with van der Waals surface area (Å²) in [5.41, 5.74) is 5.92. The average molecular weight is 710 g/mol. The van der Waals surface area contributed by atoms with Gasteiger partial charge in [0.2, 0.25) is 0 Å². The van der Waals surface area contributed by atoms with Crippen molar-refractivity contribution in [2.24, 2.45) is 12.5 Å². The van der Waals surface area contributed by atoms with Crippen molar-refractivity contribution in [2.75, 3.05) is 54.5 Å². The summed E-state index contributed by atoms with van der Waals surface area (Å²) < 4.78 is 24.5. The van der Waals surface area contributed by atoms with Crippen molar-refractivity contribution in [3.63, 3.8) is 0 Å². The number of ether oxygens (including phenoxy) is 1. The van der Waals surface area contributed by atoms with Gasteiger partial charge in [-0.05, 0) is 78.6 Å². The number of aromatic nitrogens is 3. The number of aryl methyl sites for hydroxylation is 2. The van der Waals surface area contributed by atoms with Crippen molar-refractivity contribution in [3.05, 3.63) is 87.5 Å². The quantitative estimate of drug-likeness (QED) is 0.261. The Balaban J connectivity index is 1.06. The lowest BCUT2D eigenvalue weighted by molar-refractivity contribution is -0.0698. The standard InChI is InChI=1S/C40H48FN7O4/c1-5-28-21-45(30-23-52-24-30)10-11-46(28)29-6-7-37(42-19-29)43-33-14-26(20-44(4)38(33)50)31-16-27(41)17-34(32(31)22-49)48-13-12-47-35(39(48)51)15-25-8-9-40(2,3)18-36(25)47/h6-7,14-17,19-20,28,30,49H,5,8-13,18,21-24H2,1-4H3,(H,42,43)/t28-/m0/s1. The number of fused-ring (bicyclic) bond motifs is 3. The molecule has 2 fully saturated rings. The summed E-state index contributed by atoms with van der Waals surface area (Å²) in [6, 6.07) is 11.1. The summed E-state index contributed by atoms with van der Waals surface area (Å²) in [6.07, 6.45) is 7.39. The van der Waals surface area contributed by atoms with Crippen molar-refractivity contribution in [2.45, 2.75) is 71.7 Å². The second-order valence-electron chi connectivity index (χ2n) is 15.6. The number of halogens is 1. The van der Waals surface area contributed by atoms with E-state index in [-0.39, 0.29) is 22.6 Å². The zero-order valence-corrected chi connectivity index (χ0v) is 30.5. The lowest BCUT2D eigenvalue weighted by Crippen LogP contribution is -2.60. The Kier molecular flexibility index (Phi) is 8.95. The minimum absolute atomic E-state index is 0.173. The Hall–Kier alpha value is -4.52. The number of nitrogens with zero attached hydrogens (tertiary/aromatic N) is 6. The molecule has 274 valence electrons. The fourth-order valence-electron chi connectivity index (χ4n) is 8.53. The number of rotatable bonds is 8. The molecule has 0 bridgehead atoms. The predicted octanol–water partition coefficient (Wildman–Crippen LogP) is 5.10. The van der Waals surface area contributed by atoms with E-state index in [1.54, 1.807) is 24.2 Å². The van der Waals surface area contributed by atoms with Crippen LogP contribution in [0.1, 0.15) is 60.9 Å². The second-order valence-corrected chi connectivity index (χ2v) is 15.6. The number of anilines is 4. The van der Waals surface area contributed by atoms with Crippen molar-refractivity contribution in [1.29, 1.82) is 0 Å². The molecule has 3 aliphatic heterocycles. The van der Waals surface area contributed by atoms with E-state index in [0.717, 1.165) is 64.2 Å². The second kappa shape index (κ2) is 13.5. The topological polar surface area (TPSA) is 108 Å². The van der Waals surface area contributed by atoms with Crippen LogP contribution in [-0.2, 0) is 37.8 Å². The number of nitrogens with one attached hydrogen (secondary N) is 1. The van der Waals surface area contributed by atoms with E-state index in [0.29, 0.717) is 59.1 Å². The van der Waals surface area contributed by atoms with E-state index in [4.69, 9.17) is 4.74 Å². The molecule has 8 rings (SSSR count). The van der Waals surface area contributed by atoms with Crippen molar-refractivity contribution in [3.8, 4) is 11.1 Å². The van der Waals surface area contributed by atoms with E-state index in [9.17, 15) is 14.7 Å². The molecular formula is C40H48FN7O4. The number of hydrogen-bond acceptors (Lipinski definition) is 8. The Morgan fingerprint density at radius 2 is 1.90 bits per heavy atom. The number of piperazine rings is 1. The Bertz CT molecular complexity index is 2070. The maximum absolute atomic E-state index is 15.5. The Morgan fingerprint density at radius 1 is 1.08 bits per heavy atom. The molecule has 0 radical (unpaired) electrons. The molecule has 1 amide bonds. The molecule has 4 aromatic rings. The number of carbonyl (C=O) groups is 1. The van der Waals surface area contributed by atoms with Crippen LogP contribution in [0.4, 0.5) is 27.3 Å². The number of hydrogen-bond donors (Lipinski definition) is 2. The zero-order chi connectivity index (χ0) is 36.3. The van der Waals surface area contributed by atoms with Gasteiger partial charge in [-0.15, -0.1) is 0 Å². The maximum Gasteiger partial charge on any atom is 0.274 e. The van der Waals surface area contributed by atoms with Gasteiger partial charge in [-0.25, -0.2) is 9.37 Å². The first-order valence-electron chi connectivity index (χ1n) is 18.5. The first-order chi connectivity index (χ1) is 25.0. The molecule has 6 heterocycles. The molecule has 0 spiro atoms. The van der Waals surface area contributed by atoms with Crippen LogP contribution >= 0.6 is 0 Å². The molecule has 2 saturated heterocycles. The number of pyridine rings is 2. The summed E-state index contributed by atoms with van der Waals surface area (Å²) in [6.45, 7) is 11.8. The number of aliphatic hydroxyl groups is 1. The molecule has 0 unspecified atom stereocenters. The van der Waals surface area contributed by atoms with Crippen LogP contribution in [0.3, 0.4) is 0 Å². The molecule has 4 aliphatic rings. The highest BCUT2D eigenvalue weighted by atomic mass is 19.1. The van der Waals surface area contributed by atoms with Gasteiger partial charge in [0.15, 0.2) is 0 Å². The fraction of sp³-hybridized carbons (Fsp3) is 0.475. The SMILES string of the molecule is CC[C@H]1CN(C2COC2)CCN1c1ccc(Nc2cc(-c3cc(F)cc(N4CCn5c(cc6c5CC(C)(C)CC6)C4=O)c3CO)cn(C)c2=O)nc1. The molecule has 3 aromatic heterocycles. The highest BCUT2D eigenvalue weighted by Crippen LogP contribution is 2.40. The van der Waals surface area contributed by atoms with Gasteiger partial charge in [-0.1, -0.05) is 20.8 Å². The largest absolute Gasteiger partial charge is 0.392 e. The normalized spacial score (nSPS) is 20.4. The first-order valence-corrected chi connectivity index (χ1v) is 18.5. The summed E-state index contributed by atoms with van der Waals surface area (Å²) in [5, 5.41) is 13.9. The van der Waals surface area contributed by atoms with E-state index >= 15 is 4.39 Å².